The highest BCUT2D eigenvalue weighted by Gasteiger charge is 2.41. The van der Waals surface area contributed by atoms with E-state index in [4.69, 9.17) is 23.2 Å². The number of tetrazole rings is 1. The Bertz CT molecular complexity index is 1160. The van der Waals surface area contributed by atoms with E-state index in [0.29, 0.717) is 10.0 Å². The molecule has 0 amide bonds. The number of para-hydroxylation sites is 1. The first-order chi connectivity index (χ1) is 16.2. The fraction of sp³-hybridized carbons (Fsp3) is 0.444. The van der Waals surface area contributed by atoms with Crippen molar-refractivity contribution in [2.24, 2.45) is 5.41 Å². The maximum absolute atomic E-state index is 6.44. The van der Waals surface area contributed by atoms with Crippen molar-refractivity contribution in [3.8, 4) is 0 Å². The molecule has 180 valence electrons. The molecular weight excluding hydrogens is 465 g/mol. The minimum Gasteiger partial charge on any atom is -0.372 e. The zero-order valence-corrected chi connectivity index (χ0v) is 21.9. The van der Waals surface area contributed by atoms with Crippen LogP contribution < -0.4 is 5.32 Å². The topological polar surface area (TPSA) is 55.6 Å². The van der Waals surface area contributed by atoms with Crippen molar-refractivity contribution in [1.29, 1.82) is 0 Å². The van der Waals surface area contributed by atoms with Gasteiger partial charge >= 0.3 is 0 Å². The summed E-state index contributed by atoms with van der Waals surface area (Å²) in [6, 6.07) is 13.9. The van der Waals surface area contributed by atoms with E-state index in [1.165, 1.54) is 12.0 Å². The van der Waals surface area contributed by atoms with Crippen LogP contribution in [0.25, 0.3) is 6.08 Å². The van der Waals surface area contributed by atoms with Crippen molar-refractivity contribution < 1.29 is 0 Å². The molecule has 4 rings (SSSR count). The Morgan fingerprint density at radius 1 is 1.06 bits per heavy atom. The van der Waals surface area contributed by atoms with Crippen molar-refractivity contribution >= 4 is 35.0 Å². The molecule has 3 aromatic rings. The van der Waals surface area contributed by atoms with E-state index in [0.717, 1.165) is 42.8 Å². The predicted octanol–water partition coefficient (Wildman–Crippen LogP) is 7.86. The first-order valence-corrected chi connectivity index (χ1v) is 12.7. The number of halogens is 2. The van der Waals surface area contributed by atoms with Crippen molar-refractivity contribution in [3.63, 3.8) is 0 Å². The molecule has 2 aromatic carbocycles. The molecule has 1 N–H and O–H groups in total. The van der Waals surface area contributed by atoms with Crippen molar-refractivity contribution in [1.82, 2.24) is 20.2 Å². The zero-order chi connectivity index (χ0) is 24.3. The van der Waals surface area contributed by atoms with Gasteiger partial charge in [0.2, 0.25) is 0 Å². The molecule has 5 nitrogen and oxygen atoms in total. The van der Waals surface area contributed by atoms with Gasteiger partial charge in [0.15, 0.2) is 5.82 Å². The Hall–Kier alpha value is -2.37. The number of allylic oxidation sites excluding steroid dienone is 1. The van der Waals surface area contributed by atoms with E-state index in [1.807, 2.05) is 22.9 Å². The van der Waals surface area contributed by atoms with Crippen LogP contribution in [0.2, 0.25) is 10.0 Å². The van der Waals surface area contributed by atoms with Crippen LogP contribution in [0.1, 0.15) is 75.9 Å². The third kappa shape index (κ3) is 5.31. The van der Waals surface area contributed by atoms with Crippen LogP contribution >= 0.6 is 23.2 Å². The Morgan fingerprint density at radius 3 is 2.47 bits per heavy atom. The van der Waals surface area contributed by atoms with Crippen molar-refractivity contribution in [2.75, 3.05) is 5.32 Å². The van der Waals surface area contributed by atoms with Gasteiger partial charge in [0.05, 0.1) is 11.6 Å². The minimum absolute atomic E-state index is 0.0679. The maximum Gasteiger partial charge on any atom is 0.177 e. The average molecular weight is 499 g/mol. The number of nitrogens with one attached hydrogen (secondary N) is 1. The zero-order valence-electron chi connectivity index (χ0n) is 20.4. The molecule has 7 heteroatoms. The van der Waals surface area contributed by atoms with Crippen LogP contribution in [0, 0.1) is 12.3 Å². The standard InChI is InChI=1S/C27H33Cl2N5/c1-19-10-6-7-11-23(19)30-27(16-8-5-9-17-27)25-31-32-33-34(25)24(26(2,3)4)15-13-20-12-14-21(28)18-22(20)29/h6-7,10-15,18,24,30H,5,8-9,16-17H2,1-4H3/b15-13+. The molecule has 1 atom stereocenters. The molecule has 0 aliphatic heterocycles. The Balaban J connectivity index is 1.76. The molecule has 1 heterocycles. The summed E-state index contributed by atoms with van der Waals surface area (Å²) in [4.78, 5) is 0. The summed E-state index contributed by atoms with van der Waals surface area (Å²) in [7, 11) is 0. The van der Waals surface area contributed by atoms with Gasteiger partial charge in [0.1, 0.15) is 0 Å². The summed E-state index contributed by atoms with van der Waals surface area (Å²) in [5, 5.41) is 18.4. The van der Waals surface area contributed by atoms with Gasteiger partial charge in [-0.1, -0.05) is 99.7 Å². The second-order valence-corrected chi connectivity index (χ2v) is 11.2. The van der Waals surface area contributed by atoms with Gasteiger partial charge < -0.3 is 5.32 Å². The molecule has 0 bridgehead atoms. The van der Waals surface area contributed by atoms with E-state index >= 15 is 0 Å². The lowest BCUT2D eigenvalue weighted by molar-refractivity contribution is 0.237. The first kappa shape index (κ1) is 24.7. The number of rotatable bonds is 6. The average Bonchev–Trinajstić information content (AvgIpc) is 3.27. The lowest BCUT2D eigenvalue weighted by atomic mass is 9.79. The molecule has 1 aliphatic rings. The largest absolute Gasteiger partial charge is 0.372 e. The Labute approximate surface area is 212 Å². The number of hydrogen-bond donors (Lipinski definition) is 1. The molecule has 34 heavy (non-hydrogen) atoms. The third-order valence-corrected chi connectivity index (χ3v) is 7.28. The molecule has 0 saturated heterocycles. The van der Waals surface area contributed by atoms with Crippen molar-refractivity contribution in [2.45, 2.75) is 71.4 Å². The quantitative estimate of drug-likeness (QED) is 0.376. The number of anilines is 1. The SMILES string of the molecule is Cc1ccccc1NC1(c2nnnn2C(/C=C/c2ccc(Cl)cc2Cl)C(C)(C)C)CCCCC1. The molecular formula is C27H33Cl2N5. The van der Waals surface area contributed by atoms with Crippen LogP contribution in [0.15, 0.2) is 48.5 Å². The Morgan fingerprint density at radius 2 is 1.79 bits per heavy atom. The highest BCUT2D eigenvalue weighted by molar-refractivity contribution is 6.35. The summed E-state index contributed by atoms with van der Waals surface area (Å²) >= 11 is 12.5. The molecule has 1 aromatic heterocycles. The molecule has 1 unspecified atom stereocenters. The van der Waals surface area contributed by atoms with Crippen LogP contribution in [0.5, 0.6) is 0 Å². The minimum atomic E-state index is -0.316. The van der Waals surface area contributed by atoms with E-state index < -0.39 is 0 Å². The lowest BCUT2D eigenvalue weighted by Crippen LogP contribution is -2.42. The maximum atomic E-state index is 6.44. The van der Waals surface area contributed by atoms with Gasteiger partial charge in [0.25, 0.3) is 0 Å². The van der Waals surface area contributed by atoms with Gasteiger partial charge in [-0.05, 0) is 64.9 Å². The normalized spacial score (nSPS) is 17.1. The fourth-order valence-corrected chi connectivity index (χ4v) is 5.27. The molecule has 0 spiro atoms. The van der Waals surface area contributed by atoms with E-state index in [1.54, 1.807) is 6.07 Å². The van der Waals surface area contributed by atoms with Crippen molar-refractivity contribution in [3.05, 3.63) is 75.5 Å². The number of hydrogen-bond acceptors (Lipinski definition) is 4. The number of aromatic nitrogens is 4. The fourth-order valence-electron chi connectivity index (χ4n) is 4.80. The van der Waals surface area contributed by atoms with E-state index in [2.05, 4.69) is 78.9 Å². The first-order valence-electron chi connectivity index (χ1n) is 11.9. The highest BCUT2D eigenvalue weighted by Crippen LogP contribution is 2.42. The smallest absolute Gasteiger partial charge is 0.177 e. The van der Waals surface area contributed by atoms with Gasteiger partial charge in [-0.15, -0.1) is 5.10 Å². The number of aryl methyl sites for hydroxylation is 1. The van der Waals surface area contributed by atoms with E-state index in [-0.39, 0.29) is 17.0 Å². The summed E-state index contributed by atoms with van der Waals surface area (Å²) in [5.74, 6) is 0.891. The predicted molar refractivity (Wildman–Crippen MR) is 141 cm³/mol. The van der Waals surface area contributed by atoms with Crippen LogP contribution in [-0.2, 0) is 5.54 Å². The van der Waals surface area contributed by atoms with Crippen LogP contribution in [0.4, 0.5) is 5.69 Å². The van der Waals surface area contributed by atoms with Gasteiger partial charge in [0, 0.05) is 15.7 Å². The van der Waals surface area contributed by atoms with Gasteiger partial charge in [-0.2, -0.15) is 0 Å². The number of nitrogens with zero attached hydrogens (tertiary/aromatic N) is 4. The lowest BCUT2D eigenvalue weighted by Gasteiger charge is -2.40. The van der Waals surface area contributed by atoms with Gasteiger partial charge in [-0.3, -0.25) is 0 Å². The second kappa shape index (κ2) is 10.1. The summed E-state index contributed by atoms with van der Waals surface area (Å²) in [5.41, 5.74) is 2.83. The summed E-state index contributed by atoms with van der Waals surface area (Å²) in [6.45, 7) is 8.76. The molecule has 1 fully saturated rings. The van der Waals surface area contributed by atoms with Crippen LogP contribution in [0.3, 0.4) is 0 Å². The van der Waals surface area contributed by atoms with Crippen LogP contribution in [-0.4, -0.2) is 20.2 Å². The summed E-state index contributed by atoms with van der Waals surface area (Å²) in [6.07, 6.45) is 9.69. The number of benzene rings is 2. The summed E-state index contributed by atoms with van der Waals surface area (Å²) < 4.78 is 2.01. The molecule has 1 saturated carbocycles. The molecule has 0 radical (unpaired) electrons. The van der Waals surface area contributed by atoms with E-state index in [9.17, 15) is 0 Å². The Kier molecular flexibility index (Phi) is 7.34. The second-order valence-electron chi connectivity index (χ2n) is 10.4. The highest BCUT2D eigenvalue weighted by atomic mass is 35.5. The van der Waals surface area contributed by atoms with Gasteiger partial charge in [-0.25, -0.2) is 4.68 Å². The molecule has 1 aliphatic carbocycles. The monoisotopic (exact) mass is 497 g/mol. The third-order valence-electron chi connectivity index (χ3n) is 6.72.